The van der Waals surface area contributed by atoms with Crippen molar-refractivity contribution in [3.8, 4) is 11.5 Å². The molecule has 1 fully saturated rings. The van der Waals surface area contributed by atoms with Crippen molar-refractivity contribution in [1.82, 2.24) is 4.98 Å². The third-order valence-corrected chi connectivity index (χ3v) is 7.01. The third-order valence-electron chi connectivity index (χ3n) is 5.76. The summed E-state index contributed by atoms with van der Waals surface area (Å²) in [6.45, 7) is 2.48. The summed E-state index contributed by atoms with van der Waals surface area (Å²) < 4.78 is 6.41. The number of phenols is 1. The number of Topliss-reactive ketones (excluding diaryl/α,β-unsaturated/α-hetero) is 1. The number of ketones is 1. The number of thiazole rings is 1. The monoisotopic (exact) mass is 520 g/mol. The van der Waals surface area contributed by atoms with Gasteiger partial charge in [0.1, 0.15) is 17.3 Å². The molecule has 2 N–H and O–H groups in total. The molecule has 1 atom stereocenters. The summed E-state index contributed by atoms with van der Waals surface area (Å²) in [4.78, 5) is 32.5. The highest BCUT2D eigenvalue weighted by Crippen LogP contribution is 2.45. The van der Waals surface area contributed by atoms with Crippen molar-refractivity contribution in [2.24, 2.45) is 0 Å². The predicted octanol–water partition coefficient (Wildman–Crippen LogP) is 6.07. The lowest BCUT2D eigenvalue weighted by atomic mass is 9.95. The number of fused-ring (bicyclic) bond motifs is 1. The van der Waals surface area contributed by atoms with Crippen LogP contribution in [0, 0.1) is 0 Å². The number of anilines is 1. The minimum absolute atomic E-state index is 0.0378. The molecule has 1 aromatic heterocycles. The van der Waals surface area contributed by atoms with Crippen molar-refractivity contribution in [3.63, 3.8) is 0 Å². The molecule has 1 saturated heterocycles. The van der Waals surface area contributed by atoms with Crippen LogP contribution < -0.4 is 9.64 Å². The molecule has 182 valence electrons. The fraction of sp³-hybridized carbons (Fsp3) is 0.148. The van der Waals surface area contributed by atoms with Crippen LogP contribution in [0.4, 0.5) is 5.13 Å². The van der Waals surface area contributed by atoms with E-state index in [4.69, 9.17) is 16.3 Å². The summed E-state index contributed by atoms with van der Waals surface area (Å²) in [7, 11) is 0. The summed E-state index contributed by atoms with van der Waals surface area (Å²) in [5, 5.41) is 22.3. The van der Waals surface area contributed by atoms with Crippen LogP contribution in [0.3, 0.4) is 0 Å². The molecule has 36 heavy (non-hydrogen) atoms. The van der Waals surface area contributed by atoms with Gasteiger partial charge in [0.2, 0.25) is 0 Å². The third kappa shape index (κ3) is 4.29. The van der Waals surface area contributed by atoms with Crippen molar-refractivity contribution in [2.75, 3.05) is 11.5 Å². The summed E-state index contributed by atoms with van der Waals surface area (Å²) in [6, 6.07) is 17.1. The number of carbonyl (C=O) groups excluding carboxylic acids is 2. The van der Waals surface area contributed by atoms with E-state index in [0.717, 1.165) is 11.1 Å². The molecule has 1 aliphatic heterocycles. The number of aromatic hydroxyl groups is 1. The minimum atomic E-state index is -1.01. The van der Waals surface area contributed by atoms with Gasteiger partial charge in [-0.05, 0) is 54.4 Å². The first-order valence-corrected chi connectivity index (χ1v) is 12.5. The Labute approximate surface area is 215 Å². The fourth-order valence-electron chi connectivity index (χ4n) is 4.14. The molecule has 1 aliphatic rings. The number of aliphatic hydroxyl groups is 1. The standard InChI is InChI=1S/C27H21ClN2O5S/c1-2-11-35-19-8-4-6-16(13-19)24(32)22-23(15-5-3-7-18(31)12-15)30(26(34)25(22)33)27-29-20-10-9-17(28)14-21(20)36-27/h3-10,12-14,23,31-32H,2,11H2,1H3. The Kier molecular flexibility index (Phi) is 6.38. The Morgan fingerprint density at radius 2 is 1.92 bits per heavy atom. The quantitative estimate of drug-likeness (QED) is 0.182. The molecule has 3 aromatic carbocycles. The van der Waals surface area contributed by atoms with Crippen molar-refractivity contribution >= 4 is 55.7 Å². The zero-order valence-corrected chi connectivity index (χ0v) is 20.7. The Morgan fingerprint density at radius 1 is 1.11 bits per heavy atom. The van der Waals surface area contributed by atoms with Gasteiger partial charge < -0.3 is 14.9 Å². The molecule has 4 aromatic rings. The van der Waals surface area contributed by atoms with Crippen molar-refractivity contribution < 1.29 is 24.5 Å². The largest absolute Gasteiger partial charge is 0.508 e. The van der Waals surface area contributed by atoms with Crippen LogP contribution in [0.5, 0.6) is 11.5 Å². The topological polar surface area (TPSA) is 100.0 Å². The van der Waals surface area contributed by atoms with E-state index in [-0.39, 0.29) is 22.2 Å². The molecule has 0 aliphatic carbocycles. The number of rotatable bonds is 6. The second-order valence-electron chi connectivity index (χ2n) is 8.25. The van der Waals surface area contributed by atoms with Crippen LogP contribution >= 0.6 is 22.9 Å². The molecular weight excluding hydrogens is 500 g/mol. The van der Waals surface area contributed by atoms with E-state index >= 15 is 0 Å². The summed E-state index contributed by atoms with van der Waals surface area (Å²) >= 11 is 7.33. The highest BCUT2D eigenvalue weighted by molar-refractivity contribution is 7.22. The minimum Gasteiger partial charge on any atom is -0.508 e. The number of hydrogen-bond acceptors (Lipinski definition) is 7. The summed E-state index contributed by atoms with van der Waals surface area (Å²) in [6.07, 6.45) is 0.812. The number of carbonyl (C=O) groups is 2. The molecule has 0 saturated carbocycles. The Morgan fingerprint density at radius 3 is 2.69 bits per heavy atom. The molecule has 2 heterocycles. The fourth-order valence-corrected chi connectivity index (χ4v) is 5.41. The lowest BCUT2D eigenvalue weighted by Gasteiger charge is -2.23. The number of phenolic OH excluding ortho intramolecular Hbond substituents is 1. The van der Waals surface area contributed by atoms with E-state index in [2.05, 4.69) is 4.98 Å². The van der Waals surface area contributed by atoms with E-state index in [9.17, 15) is 19.8 Å². The Bertz CT molecular complexity index is 1530. The average molecular weight is 521 g/mol. The highest BCUT2D eigenvalue weighted by atomic mass is 35.5. The van der Waals surface area contributed by atoms with Crippen LogP contribution in [-0.4, -0.2) is 33.5 Å². The molecule has 9 heteroatoms. The summed E-state index contributed by atoms with van der Waals surface area (Å²) in [5.41, 5.74) is 1.31. The number of ether oxygens (including phenoxy) is 1. The molecule has 7 nitrogen and oxygen atoms in total. The van der Waals surface area contributed by atoms with Gasteiger partial charge in [-0.3, -0.25) is 14.5 Å². The van der Waals surface area contributed by atoms with Crippen molar-refractivity contribution in [2.45, 2.75) is 19.4 Å². The first-order valence-electron chi connectivity index (χ1n) is 11.3. The second-order valence-corrected chi connectivity index (χ2v) is 9.69. The number of benzene rings is 3. The zero-order valence-electron chi connectivity index (χ0n) is 19.1. The second kappa shape index (κ2) is 9.64. The molecule has 1 amide bonds. The summed E-state index contributed by atoms with van der Waals surface area (Å²) in [5.74, 6) is -1.52. The van der Waals surface area contributed by atoms with Gasteiger partial charge >= 0.3 is 5.91 Å². The van der Waals surface area contributed by atoms with Crippen molar-refractivity contribution in [3.05, 3.63) is 88.5 Å². The Balaban J connectivity index is 1.69. The number of halogens is 1. The number of aliphatic hydroxyl groups excluding tert-OH is 1. The zero-order chi connectivity index (χ0) is 25.4. The average Bonchev–Trinajstić information content (AvgIpc) is 3.40. The Hall–Kier alpha value is -3.88. The van der Waals surface area contributed by atoms with Gasteiger partial charge in [0.05, 0.1) is 28.4 Å². The lowest BCUT2D eigenvalue weighted by Crippen LogP contribution is -2.29. The van der Waals surface area contributed by atoms with Crippen LogP contribution in [0.1, 0.15) is 30.5 Å². The predicted molar refractivity (Wildman–Crippen MR) is 140 cm³/mol. The van der Waals surface area contributed by atoms with Gasteiger partial charge in [0.15, 0.2) is 5.13 Å². The molecular formula is C27H21ClN2O5S. The molecule has 0 spiro atoms. The molecule has 5 rings (SSSR count). The molecule has 1 unspecified atom stereocenters. The SMILES string of the molecule is CCCOc1cccc(C(O)=C2C(=O)C(=O)N(c3nc4ccc(Cl)cc4s3)C2c2cccc(O)c2)c1. The number of amides is 1. The number of aromatic nitrogens is 1. The van der Waals surface area contributed by atoms with E-state index in [1.165, 1.54) is 28.4 Å². The lowest BCUT2D eigenvalue weighted by molar-refractivity contribution is -0.132. The van der Waals surface area contributed by atoms with E-state index < -0.39 is 17.7 Å². The van der Waals surface area contributed by atoms with Gasteiger partial charge in [-0.2, -0.15) is 0 Å². The maximum atomic E-state index is 13.4. The van der Waals surface area contributed by atoms with Crippen LogP contribution in [0.15, 0.2) is 72.3 Å². The smallest absolute Gasteiger partial charge is 0.301 e. The van der Waals surface area contributed by atoms with Crippen LogP contribution in [0.25, 0.3) is 16.0 Å². The van der Waals surface area contributed by atoms with Gasteiger partial charge in [0, 0.05) is 10.6 Å². The van der Waals surface area contributed by atoms with Gasteiger partial charge in [0.25, 0.3) is 5.78 Å². The highest BCUT2D eigenvalue weighted by Gasteiger charge is 2.48. The first kappa shape index (κ1) is 23.8. The van der Waals surface area contributed by atoms with Gasteiger partial charge in [-0.1, -0.05) is 54.1 Å². The maximum Gasteiger partial charge on any atom is 0.301 e. The maximum absolute atomic E-state index is 13.4. The van der Waals surface area contributed by atoms with Crippen LogP contribution in [0.2, 0.25) is 5.02 Å². The van der Waals surface area contributed by atoms with E-state index in [1.54, 1.807) is 54.6 Å². The first-order chi connectivity index (χ1) is 17.4. The van der Waals surface area contributed by atoms with Crippen LogP contribution in [-0.2, 0) is 9.59 Å². The van der Waals surface area contributed by atoms with Crippen molar-refractivity contribution in [1.29, 1.82) is 0 Å². The van der Waals surface area contributed by atoms with E-state index in [0.29, 0.717) is 34.0 Å². The normalized spacial score (nSPS) is 17.2. The van der Waals surface area contributed by atoms with Gasteiger partial charge in [-0.25, -0.2) is 4.98 Å². The number of hydrogen-bond donors (Lipinski definition) is 2. The van der Waals surface area contributed by atoms with E-state index in [1.807, 2.05) is 6.92 Å². The molecule has 0 radical (unpaired) electrons. The van der Waals surface area contributed by atoms with Gasteiger partial charge in [-0.15, -0.1) is 0 Å². The number of nitrogens with zero attached hydrogens (tertiary/aromatic N) is 2. The molecule has 0 bridgehead atoms.